The fraction of sp³-hybridized carbons (Fsp3) is 0.133. The molecule has 2 heterocycles. The van der Waals surface area contributed by atoms with Crippen LogP contribution in [0.1, 0.15) is 6.92 Å². The predicted molar refractivity (Wildman–Crippen MR) is 87.1 cm³/mol. The number of benzene rings is 1. The third-order valence-corrected chi connectivity index (χ3v) is 3.38. The predicted octanol–water partition coefficient (Wildman–Crippen LogP) is 2.12. The molecule has 1 amide bonds. The maximum Gasteiger partial charge on any atom is 0.266 e. The van der Waals surface area contributed by atoms with E-state index in [0.29, 0.717) is 22.4 Å². The molecular weight excluding hydrogens is 332 g/mol. The van der Waals surface area contributed by atoms with Gasteiger partial charge >= 0.3 is 0 Å². The van der Waals surface area contributed by atoms with Crippen LogP contribution in [0.5, 0.6) is 5.75 Å². The molecule has 8 nitrogen and oxygen atoms in total. The highest BCUT2D eigenvalue weighted by atomic mass is 35.5. The van der Waals surface area contributed by atoms with Gasteiger partial charge in [-0.3, -0.25) is 4.79 Å². The van der Waals surface area contributed by atoms with E-state index in [1.807, 2.05) is 0 Å². The molecule has 0 aliphatic rings. The molecule has 0 aliphatic carbocycles. The second kappa shape index (κ2) is 7.05. The van der Waals surface area contributed by atoms with Gasteiger partial charge < -0.3 is 10.1 Å². The number of carbonyl (C=O) groups is 1. The molecule has 0 aliphatic heterocycles. The highest BCUT2D eigenvalue weighted by molar-refractivity contribution is 6.32. The van der Waals surface area contributed by atoms with Crippen LogP contribution in [-0.2, 0) is 4.79 Å². The lowest BCUT2D eigenvalue weighted by molar-refractivity contribution is -0.122. The Morgan fingerprint density at radius 1 is 1.29 bits per heavy atom. The summed E-state index contributed by atoms with van der Waals surface area (Å²) in [5.74, 6) is 0.888. The van der Waals surface area contributed by atoms with E-state index in [2.05, 4.69) is 25.4 Å². The van der Waals surface area contributed by atoms with Crippen molar-refractivity contribution >= 4 is 23.3 Å². The van der Waals surface area contributed by atoms with Crippen LogP contribution < -0.4 is 10.1 Å². The lowest BCUT2D eigenvalue weighted by Crippen LogP contribution is -2.30. The molecule has 0 unspecified atom stereocenters. The Balaban J connectivity index is 1.68. The van der Waals surface area contributed by atoms with E-state index in [0.717, 1.165) is 0 Å². The van der Waals surface area contributed by atoms with Gasteiger partial charge in [0.15, 0.2) is 11.9 Å². The fourth-order valence-corrected chi connectivity index (χ4v) is 2.06. The summed E-state index contributed by atoms with van der Waals surface area (Å²) in [4.78, 5) is 24.2. The van der Waals surface area contributed by atoms with Crippen molar-refractivity contribution in [2.45, 2.75) is 13.0 Å². The van der Waals surface area contributed by atoms with Crippen molar-refractivity contribution in [1.29, 1.82) is 0 Å². The second-order valence-electron chi connectivity index (χ2n) is 4.78. The summed E-state index contributed by atoms with van der Waals surface area (Å²) in [6, 6.07) is 8.53. The van der Waals surface area contributed by atoms with Crippen LogP contribution in [0.3, 0.4) is 0 Å². The molecule has 0 radical (unpaired) electrons. The number of nitrogens with one attached hydrogen (secondary N) is 1. The third kappa shape index (κ3) is 3.66. The molecule has 3 aromatic rings. The van der Waals surface area contributed by atoms with Gasteiger partial charge in [-0.25, -0.2) is 19.6 Å². The van der Waals surface area contributed by atoms with Crippen LogP contribution in [0.25, 0.3) is 5.82 Å². The second-order valence-corrected chi connectivity index (χ2v) is 5.19. The first-order valence-electron chi connectivity index (χ1n) is 7.02. The molecule has 0 spiro atoms. The van der Waals surface area contributed by atoms with E-state index in [9.17, 15) is 4.79 Å². The fourth-order valence-electron chi connectivity index (χ4n) is 1.88. The SMILES string of the molecule is C[C@H](Oc1ccccc1Cl)C(=O)Nc1cc(-n2cncn2)ncn1. The Morgan fingerprint density at radius 2 is 2.12 bits per heavy atom. The van der Waals surface area contributed by atoms with E-state index in [1.54, 1.807) is 37.3 Å². The number of amides is 1. The molecular formula is C15H13ClN6O2. The number of anilines is 1. The molecule has 24 heavy (non-hydrogen) atoms. The van der Waals surface area contributed by atoms with Crippen LogP contribution in [0.2, 0.25) is 5.02 Å². The third-order valence-electron chi connectivity index (χ3n) is 3.07. The van der Waals surface area contributed by atoms with Crippen LogP contribution in [-0.4, -0.2) is 36.7 Å². The molecule has 2 aromatic heterocycles. The molecule has 122 valence electrons. The summed E-state index contributed by atoms with van der Waals surface area (Å²) >= 11 is 6.02. The lowest BCUT2D eigenvalue weighted by Gasteiger charge is -2.15. The average molecular weight is 345 g/mol. The van der Waals surface area contributed by atoms with Gasteiger partial charge in [0.05, 0.1) is 5.02 Å². The molecule has 0 fully saturated rings. The van der Waals surface area contributed by atoms with Gasteiger partial charge in [-0.15, -0.1) is 0 Å². The molecule has 0 bridgehead atoms. The minimum Gasteiger partial charge on any atom is -0.479 e. The highest BCUT2D eigenvalue weighted by Crippen LogP contribution is 2.24. The van der Waals surface area contributed by atoms with Crippen LogP contribution in [0.15, 0.2) is 49.3 Å². The van der Waals surface area contributed by atoms with Crippen molar-refractivity contribution in [3.63, 3.8) is 0 Å². The van der Waals surface area contributed by atoms with E-state index < -0.39 is 6.10 Å². The van der Waals surface area contributed by atoms with Gasteiger partial charge in [0.2, 0.25) is 0 Å². The standard InChI is InChI=1S/C15H13ClN6O2/c1-10(24-12-5-3-2-4-11(12)16)15(23)21-13-6-14(19-8-18-13)22-9-17-7-20-22/h2-10H,1H3,(H,18,19,21,23)/t10-/m0/s1. The maximum absolute atomic E-state index is 12.3. The largest absolute Gasteiger partial charge is 0.479 e. The Kier molecular flexibility index (Phi) is 4.66. The normalized spacial score (nSPS) is 11.8. The van der Waals surface area contributed by atoms with Crippen LogP contribution in [0.4, 0.5) is 5.82 Å². The van der Waals surface area contributed by atoms with Gasteiger partial charge in [-0.2, -0.15) is 5.10 Å². The molecule has 0 saturated heterocycles. The summed E-state index contributed by atoms with van der Waals surface area (Å²) < 4.78 is 7.03. The minimum atomic E-state index is -0.755. The van der Waals surface area contributed by atoms with E-state index in [-0.39, 0.29) is 5.91 Å². The summed E-state index contributed by atoms with van der Waals surface area (Å²) in [5, 5.41) is 7.07. The van der Waals surface area contributed by atoms with Crippen LogP contribution in [0, 0.1) is 0 Å². The molecule has 0 saturated carbocycles. The van der Waals surface area contributed by atoms with Crippen molar-refractivity contribution < 1.29 is 9.53 Å². The average Bonchev–Trinajstić information content (AvgIpc) is 3.12. The number of carbonyl (C=O) groups excluding carboxylic acids is 1. The zero-order valence-corrected chi connectivity index (χ0v) is 13.4. The Hall–Kier alpha value is -3.00. The van der Waals surface area contributed by atoms with Gasteiger partial charge in [-0.1, -0.05) is 23.7 Å². The van der Waals surface area contributed by atoms with Crippen molar-refractivity contribution in [2.24, 2.45) is 0 Å². The molecule has 1 aromatic carbocycles. The summed E-state index contributed by atoms with van der Waals surface area (Å²) in [5.41, 5.74) is 0. The molecule has 1 N–H and O–H groups in total. The Bertz CT molecular complexity index is 839. The van der Waals surface area contributed by atoms with E-state index >= 15 is 0 Å². The van der Waals surface area contributed by atoms with Crippen molar-refractivity contribution in [3.05, 3.63) is 54.3 Å². The van der Waals surface area contributed by atoms with E-state index in [1.165, 1.54) is 23.7 Å². The van der Waals surface area contributed by atoms with Gasteiger partial charge in [0.1, 0.15) is 30.5 Å². The molecule has 3 rings (SSSR count). The first kappa shape index (κ1) is 15.9. The highest BCUT2D eigenvalue weighted by Gasteiger charge is 2.17. The number of nitrogens with zero attached hydrogens (tertiary/aromatic N) is 5. The summed E-state index contributed by atoms with van der Waals surface area (Å²) in [6.45, 7) is 1.62. The molecule has 1 atom stereocenters. The topological polar surface area (TPSA) is 94.8 Å². The van der Waals surface area contributed by atoms with Crippen LogP contribution >= 0.6 is 11.6 Å². The Morgan fingerprint density at radius 3 is 2.88 bits per heavy atom. The van der Waals surface area contributed by atoms with E-state index in [4.69, 9.17) is 16.3 Å². The number of ether oxygens (including phenoxy) is 1. The number of halogens is 1. The monoisotopic (exact) mass is 344 g/mol. The van der Waals surface area contributed by atoms with Crippen molar-refractivity contribution in [1.82, 2.24) is 24.7 Å². The van der Waals surface area contributed by atoms with Gasteiger partial charge in [-0.05, 0) is 19.1 Å². The van der Waals surface area contributed by atoms with Gasteiger partial charge in [0.25, 0.3) is 5.91 Å². The smallest absolute Gasteiger partial charge is 0.266 e. The lowest BCUT2D eigenvalue weighted by atomic mass is 10.3. The molecule has 9 heteroatoms. The first-order chi connectivity index (χ1) is 11.6. The number of hydrogen-bond donors (Lipinski definition) is 1. The zero-order chi connectivity index (χ0) is 16.9. The van der Waals surface area contributed by atoms with Gasteiger partial charge in [0, 0.05) is 6.07 Å². The minimum absolute atomic E-state index is 0.329. The number of hydrogen-bond acceptors (Lipinski definition) is 6. The number of para-hydroxylation sites is 1. The summed E-state index contributed by atoms with van der Waals surface area (Å²) in [7, 11) is 0. The number of aromatic nitrogens is 5. The van der Waals surface area contributed by atoms with Crippen molar-refractivity contribution in [3.8, 4) is 11.6 Å². The summed E-state index contributed by atoms with van der Waals surface area (Å²) in [6.07, 6.45) is 3.46. The van der Waals surface area contributed by atoms with Crippen molar-refractivity contribution in [2.75, 3.05) is 5.32 Å². The number of rotatable bonds is 5. The quantitative estimate of drug-likeness (QED) is 0.761. The zero-order valence-electron chi connectivity index (χ0n) is 12.6. The Labute approximate surface area is 142 Å². The maximum atomic E-state index is 12.3. The first-order valence-corrected chi connectivity index (χ1v) is 7.40.